The lowest BCUT2D eigenvalue weighted by atomic mass is 10.1. The number of carbonyl (C=O) groups excluding carboxylic acids is 1. The number of nitrogens with one attached hydrogen (secondary N) is 1. The zero-order chi connectivity index (χ0) is 11.1. The van der Waals surface area contributed by atoms with Gasteiger partial charge in [0.25, 0.3) is 0 Å². The highest BCUT2D eigenvalue weighted by atomic mass is 16.7. The molecule has 0 aromatic rings. The van der Waals surface area contributed by atoms with Gasteiger partial charge in [-0.15, -0.1) is 0 Å². The molecule has 0 aliphatic carbocycles. The summed E-state index contributed by atoms with van der Waals surface area (Å²) in [5.41, 5.74) is 0. The Morgan fingerprint density at radius 1 is 1.47 bits per heavy atom. The number of nitrogens with zero attached hydrogens (tertiary/aromatic N) is 1. The fourth-order valence-electron chi connectivity index (χ4n) is 1.51. The van der Waals surface area contributed by atoms with E-state index in [0.717, 1.165) is 25.9 Å². The number of hydrogen-bond acceptors (Lipinski definition) is 5. The molecule has 0 spiro atoms. The normalized spacial score (nSPS) is 18.8. The Morgan fingerprint density at radius 2 is 2.13 bits per heavy atom. The Labute approximate surface area is 90.7 Å². The largest absolute Gasteiger partial charge is 0.508 e. The van der Waals surface area contributed by atoms with Gasteiger partial charge < -0.3 is 19.7 Å². The molecule has 0 aromatic heterocycles. The molecular formula is C10H20N2O3. The molecule has 1 fully saturated rings. The van der Waals surface area contributed by atoms with E-state index < -0.39 is 6.16 Å². The summed E-state index contributed by atoms with van der Waals surface area (Å²) in [5.74, 6) is 0. The highest BCUT2D eigenvalue weighted by Gasteiger charge is 2.20. The molecule has 1 heterocycles. The van der Waals surface area contributed by atoms with Crippen LogP contribution in [0.3, 0.4) is 0 Å². The van der Waals surface area contributed by atoms with Crippen molar-refractivity contribution in [3.8, 4) is 0 Å². The lowest BCUT2D eigenvalue weighted by Gasteiger charge is -2.28. The van der Waals surface area contributed by atoms with Gasteiger partial charge in [-0.1, -0.05) is 0 Å². The van der Waals surface area contributed by atoms with E-state index in [4.69, 9.17) is 9.47 Å². The number of carbonyl (C=O) groups is 1. The minimum Gasteiger partial charge on any atom is -0.433 e. The van der Waals surface area contributed by atoms with Crippen LogP contribution in [0, 0.1) is 0 Å². The number of piperidine rings is 1. The molecule has 5 nitrogen and oxygen atoms in total. The molecule has 1 rings (SSSR count). The maximum Gasteiger partial charge on any atom is 0.508 e. The van der Waals surface area contributed by atoms with Gasteiger partial charge in [0, 0.05) is 19.6 Å². The van der Waals surface area contributed by atoms with Gasteiger partial charge in [0.2, 0.25) is 0 Å². The second-order valence-corrected chi connectivity index (χ2v) is 3.82. The van der Waals surface area contributed by atoms with Crippen LogP contribution in [0.25, 0.3) is 0 Å². The van der Waals surface area contributed by atoms with Crippen LogP contribution < -0.4 is 5.32 Å². The first-order chi connectivity index (χ1) is 7.22. The zero-order valence-corrected chi connectivity index (χ0v) is 9.49. The second-order valence-electron chi connectivity index (χ2n) is 3.82. The number of likely N-dealkylation sites (tertiary alicyclic amines) is 1. The smallest absolute Gasteiger partial charge is 0.433 e. The number of hydrogen-bond donors (Lipinski definition) is 1. The first-order valence-corrected chi connectivity index (χ1v) is 5.39. The zero-order valence-electron chi connectivity index (χ0n) is 9.49. The molecule has 1 saturated heterocycles. The SMILES string of the molecule is CNCCOC(=O)OC1CCN(C)CC1. The van der Waals surface area contributed by atoms with Crippen LogP contribution in [0.5, 0.6) is 0 Å². The van der Waals surface area contributed by atoms with E-state index >= 15 is 0 Å². The summed E-state index contributed by atoms with van der Waals surface area (Å²) in [7, 11) is 3.88. The first-order valence-electron chi connectivity index (χ1n) is 5.39. The third-order valence-electron chi connectivity index (χ3n) is 2.50. The molecule has 1 aliphatic heterocycles. The lowest BCUT2D eigenvalue weighted by Crippen LogP contribution is -2.35. The van der Waals surface area contributed by atoms with Gasteiger partial charge in [0.1, 0.15) is 12.7 Å². The molecule has 0 radical (unpaired) electrons. The molecule has 15 heavy (non-hydrogen) atoms. The molecule has 5 heteroatoms. The van der Waals surface area contributed by atoms with E-state index in [1.54, 1.807) is 0 Å². The Bertz CT molecular complexity index is 191. The minimum atomic E-state index is -0.542. The average Bonchev–Trinajstić information content (AvgIpc) is 2.22. The third-order valence-corrected chi connectivity index (χ3v) is 2.50. The summed E-state index contributed by atoms with van der Waals surface area (Å²) in [5, 5.41) is 2.89. The van der Waals surface area contributed by atoms with Crippen molar-refractivity contribution in [2.24, 2.45) is 0 Å². The molecule has 0 aromatic carbocycles. The summed E-state index contributed by atoms with van der Waals surface area (Å²) >= 11 is 0. The van der Waals surface area contributed by atoms with E-state index in [1.165, 1.54) is 0 Å². The van der Waals surface area contributed by atoms with Crippen LogP contribution in [0.2, 0.25) is 0 Å². The van der Waals surface area contributed by atoms with Gasteiger partial charge in [-0.25, -0.2) is 4.79 Å². The molecule has 0 atom stereocenters. The van der Waals surface area contributed by atoms with E-state index in [1.807, 2.05) is 7.05 Å². The van der Waals surface area contributed by atoms with Crippen molar-refractivity contribution >= 4 is 6.16 Å². The molecule has 0 amide bonds. The summed E-state index contributed by atoms with van der Waals surface area (Å²) in [6.45, 7) is 2.98. The molecule has 88 valence electrons. The van der Waals surface area contributed by atoms with Crippen molar-refractivity contribution in [3.05, 3.63) is 0 Å². The van der Waals surface area contributed by atoms with E-state index in [2.05, 4.69) is 17.3 Å². The third kappa shape index (κ3) is 4.99. The Hall–Kier alpha value is -0.810. The van der Waals surface area contributed by atoms with E-state index in [9.17, 15) is 4.79 Å². The fraction of sp³-hybridized carbons (Fsp3) is 0.900. The van der Waals surface area contributed by atoms with Crippen LogP contribution in [-0.2, 0) is 9.47 Å². The number of ether oxygens (including phenoxy) is 2. The Balaban J connectivity index is 2.09. The van der Waals surface area contributed by atoms with Crippen LogP contribution in [-0.4, -0.2) is 57.5 Å². The Kier molecular flexibility index (Phi) is 5.42. The van der Waals surface area contributed by atoms with Gasteiger partial charge in [-0.3, -0.25) is 0 Å². The van der Waals surface area contributed by atoms with Gasteiger partial charge in [0.15, 0.2) is 0 Å². The van der Waals surface area contributed by atoms with Gasteiger partial charge in [0.05, 0.1) is 0 Å². The average molecular weight is 216 g/mol. The van der Waals surface area contributed by atoms with Crippen LogP contribution >= 0.6 is 0 Å². The monoisotopic (exact) mass is 216 g/mol. The van der Waals surface area contributed by atoms with Crippen molar-refractivity contribution in [3.63, 3.8) is 0 Å². The van der Waals surface area contributed by atoms with Crippen molar-refractivity contribution < 1.29 is 14.3 Å². The van der Waals surface area contributed by atoms with Gasteiger partial charge in [-0.2, -0.15) is 0 Å². The molecular weight excluding hydrogens is 196 g/mol. The Morgan fingerprint density at radius 3 is 2.73 bits per heavy atom. The summed E-state index contributed by atoms with van der Waals surface area (Å²) in [6.07, 6.45) is 1.29. The summed E-state index contributed by atoms with van der Waals surface area (Å²) in [6, 6.07) is 0. The standard InChI is InChI=1S/C10H20N2O3/c1-11-5-8-14-10(13)15-9-3-6-12(2)7-4-9/h9,11H,3-8H2,1-2H3. The highest BCUT2D eigenvalue weighted by molar-refractivity contribution is 5.60. The predicted octanol–water partition coefficient (Wildman–Crippen LogP) is 0.453. The summed E-state index contributed by atoms with van der Waals surface area (Å²) < 4.78 is 10.0. The maximum absolute atomic E-state index is 11.2. The van der Waals surface area contributed by atoms with Crippen molar-refractivity contribution in [1.82, 2.24) is 10.2 Å². The van der Waals surface area contributed by atoms with Gasteiger partial charge >= 0.3 is 6.16 Å². The fourth-order valence-corrected chi connectivity index (χ4v) is 1.51. The molecule has 0 bridgehead atoms. The molecule has 1 aliphatic rings. The first kappa shape index (κ1) is 12.3. The topological polar surface area (TPSA) is 50.8 Å². The second kappa shape index (κ2) is 6.63. The molecule has 0 saturated carbocycles. The van der Waals surface area contributed by atoms with Crippen molar-refractivity contribution in [2.45, 2.75) is 18.9 Å². The predicted molar refractivity (Wildman–Crippen MR) is 56.9 cm³/mol. The van der Waals surface area contributed by atoms with Crippen molar-refractivity contribution in [1.29, 1.82) is 0 Å². The highest BCUT2D eigenvalue weighted by Crippen LogP contribution is 2.12. The summed E-state index contributed by atoms with van der Waals surface area (Å²) in [4.78, 5) is 13.4. The molecule has 1 N–H and O–H groups in total. The number of likely N-dealkylation sites (N-methyl/N-ethyl adjacent to an activating group) is 1. The number of rotatable bonds is 4. The van der Waals surface area contributed by atoms with Gasteiger partial charge in [-0.05, 0) is 26.9 Å². The van der Waals surface area contributed by atoms with Crippen LogP contribution in [0.15, 0.2) is 0 Å². The minimum absolute atomic E-state index is 0.0308. The molecule has 0 unspecified atom stereocenters. The maximum atomic E-state index is 11.2. The van der Waals surface area contributed by atoms with E-state index in [-0.39, 0.29) is 6.10 Å². The van der Waals surface area contributed by atoms with Crippen LogP contribution in [0.1, 0.15) is 12.8 Å². The van der Waals surface area contributed by atoms with E-state index in [0.29, 0.717) is 13.2 Å². The van der Waals surface area contributed by atoms with Crippen molar-refractivity contribution in [2.75, 3.05) is 40.3 Å². The van der Waals surface area contributed by atoms with Crippen LogP contribution in [0.4, 0.5) is 4.79 Å². The quantitative estimate of drug-likeness (QED) is 0.546. The lowest BCUT2D eigenvalue weighted by molar-refractivity contribution is 0.00343.